The van der Waals surface area contributed by atoms with Gasteiger partial charge in [-0.05, 0) is 23.8 Å². The first-order chi connectivity index (χ1) is 6.18. The van der Waals surface area contributed by atoms with Crippen LogP contribution in [0.25, 0.3) is 0 Å². The van der Waals surface area contributed by atoms with E-state index < -0.39 is 0 Å². The Morgan fingerprint density at radius 3 is 2.92 bits per heavy atom. The van der Waals surface area contributed by atoms with Gasteiger partial charge in [0.05, 0.1) is 5.69 Å². The van der Waals surface area contributed by atoms with Crippen LogP contribution in [0.5, 0.6) is 0 Å². The van der Waals surface area contributed by atoms with Gasteiger partial charge in [-0.2, -0.15) is 11.8 Å². The fraction of sp³-hybridized carbons (Fsp3) is 0.500. The van der Waals surface area contributed by atoms with Gasteiger partial charge in [0.25, 0.3) is 0 Å². The van der Waals surface area contributed by atoms with Crippen molar-refractivity contribution in [2.24, 2.45) is 5.92 Å². The highest BCUT2D eigenvalue weighted by molar-refractivity contribution is 7.98. The van der Waals surface area contributed by atoms with Gasteiger partial charge in [-0.15, -0.1) is 0 Å². The highest BCUT2D eigenvalue weighted by Gasteiger charge is 1.98. The molecular weight excluding hydrogens is 202 g/mol. The summed E-state index contributed by atoms with van der Waals surface area (Å²) in [6, 6.07) is 3.73. The Morgan fingerprint density at radius 1 is 1.54 bits per heavy atom. The molecule has 0 amide bonds. The van der Waals surface area contributed by atoms with Crippen molar-refractivity contribution < 1.29 is 0 Å². The van der Waals surface area contributed by atoms with E-state index >= 15 is 0 Å². The summed E-state index contributed by atoms with van der Waals surface area (Å²) >= 11 is 7.74. The van der Waals surface area contributed by atoms with E-state index in [1.807, 2.05) is 17.8 Å². The Bertz CT molecular complexity index is 263. The molecule has 0 spiro atoms. The molecule has 0 atom stereocenters. The summed E-state index contributed by atoms with van der Waals surface area (Å²) in [5, 5.41) is 0.773. The smallest absolute Gasteiger partial charge is 0.0517 e. The molecule has 0 aliphatic carbocycles. The summed E-state index contributed by atoms with van der Waals surface area (Å²) in [6.07, 6.45) is 1.76. The zero-order valence-corrected chi connectivity index (χ0v) is 9.53. The van der Waals surface area contributed by atoms with Crippen LogP contribution < -0.4 is 0 Å². The zero-order valence-electron chi connectivity index (χ0n) is 7.96. The van der Waals surface area contributed by atoms with E-state index in [2.05, 4.69) is 18.8 Å². The molecule has 1 heterocycles. The number of hydrogen-bond acceptors (Lipinski definition) is 2. The normalized spacial score (nSPS) is 10.8. The monoisotopic (exact) mass is 215 g/mol. The molecule has 0 radical (unpaired) electrons. The van der Waals surface area contributed by atoms with Gasteiger partial charge >= 0.3 is 0 Å². The van der Waals surface area contributed by atoms with Crippen molar-refractivity contribution in [2.75, 3.05) is 5.75 Å². The lowest BCUT2D eigenvalue weighted by molar-refractivity contribution is 0.750. The minimum absolute atomic E-state index is 0.740. The summed E-state index contributed by atoms with van der Waals surface area (Å²) in [7, 11) is 0. The average Bonchev–Trinajstić information content (AvgIpc) is 2.03. The quantitative estimate of drug-likeness (QED) is 0.761. The third-order valence-corrected chi connectivity index (χ3v) is 3.12. The van der Waals surface area contributed by atoms with Gasteiger partial charge in [0.2, 0.25) is 0 Å². The summed E-state index contributed by atoms with van der Waals surface area (Å²) in [5.74, 6) is 2.87. The molecule has 0 N–H and O–H groups in total. The lowest BCUT2D eigenvalue weighted by Gasteiger charge is -2.03. The minimum atomic E-state index is 0.740. The number of halogens is 1. The maximum Gasteiger partial charge on any atom is 0.0517 e. The number of pyridine rings is 1. The molecule has 0 aliphatic heterocycles. The van der Waals surface area contributed by atoms with Crippen LogP contribution in [0.1, 0.15) is 19.5 Å². The Kier molecular flexibility index (Phi) is 4.60. The van der Waals surface area contributed by atoms with Gasteiger partial charge in [-0.3, -0.25) is 4.98 Å². The Labute approximate surface area is 88.9 Å². The van der Waals surface area contributed by atoms with Crippen LogP contribution in [0.2, 0.25) is 5.02 Å². The van der Waals surface area contributed by atoms with Crippen LogP contribution in [0, 0.1) is 5.92 Å². The van der Waals surface area contributed by atoms with E-state index in [1.165, 1.54) is 5.75 Å². The molecule has 0 bridgehead atoms. The van der Waals surface area contributed by atoms with Gasteiger partial charge in [-0.1, -0.05) is 25.4 Å². The van der Waals surface area contributed by atoms with Crippen LogP contribution in [0.15, 0.2) is 18.3 Å². The fourth-order valence-electron chi connectivity index (χ4n) is 0.927. The minimum Gasteiger partial charge on any atom is -0.260 e. The second-order valence-electron chi connectivity index (χ2n) is 3.37. The highest BCUT2D eigenvalue weighted by atomic mass is 35.5. The summed E-state index contributed by atoms with van der Waals surface area (Å²) < 4.78 is 0. The van der Waals surface area contributed by atoms with Crippen LogP contribution in [-0.2, 0) is 5.75 Å². The SMILES string of the molecule is CC(C)CSCc1cc(Cl)ccn1. The maximum absolute atomic E-state index is 5.84. The van der Waals surface area contributed by atoms with E-state index in [0.717, 1.165) is 22.4 Å². The van der Waals surface area contributed by atoms with Crippen LogP contribution in [0.3, 0.4) is 0 Å². The van der Waals surface area contributed by atoms with Crippen molar-refractivity contribution in [1.29, 1.82) is 0 Å². The molecule has 72 valence electrons. The van der Waals surface area contributed by atoms with Crippen molar-refractivity contribution in [1.82, 2.24) is 4.98 Å². The molecule has 3 heteroatoms. The Balaban J connectivity index is 2.37. The van der Waals surface area contributed by atoms with Crippen LogP contribution >= 0.6 is 23.4 Å². The van der Waals surface area contributed by atoms with Gasteiger partial charge in [0, 0.05) is 17.0 Å². The molecule has 1 aromatic rings. The molecule has 1 nitrogen and oxygen atoms in total. The Morgan fingerprint density at radius 2 is 2.31 bits per heavy atom. The summed E-state index contributed by atoms with van der Waals surface area (Å²) in [6.45, 7) is 4.44. The molecule has 13 heavy (non-hydrogen) atoms. The first-order valence-electron chi connectivity index (χ1n) is 4.36. The predicted octanol–water partition coefficient (Wildman–Crippen LogP) is 3.62. The molecule has 1 rings (SSSR count). The molecule has 0 aromatic carbocycles. The number of nitrogens with zero attached hydrogens (tertiary/aromatic N) is 1. The summed E-state index contributed by atoms with van der Waals surface area (Å²) in [5.41, 5.74) is 1.07. The highest BCUT2D eigenvalue weighted by Crippen LogP contribution is 2.16. The van der Waals surface area contributed by atoms with Gasteiger partial charge in [0.1, 0.15) is 0 Å². The zero-order chi connectivity index (χ0) is 9.68. The van der Waals surface area contributed by atoms with E-state index in [9.17, 15) is 0 Å². The first-order valence-corrected chi connectivity index (χ1v) is 5.90. The summed E-state index contributed by atoms with van der Waals surface area (Å²) in [4.78, 5) is 4.23. The van der Waals surface area contributed by atoms with Crippen molar-refractivity contribution >= 4 is 23.4 Å². The Hall–Kier alpha value is -0.210. The number of thioether (sulfide) groups is 1. The lowest BCUT2D eigenvalue weighted by atomic mass is 10.3. The largest absolute Gasteiger partial charge is 0.260 e. The lowest BCUT2D eigenvalue weighted by Crippen LogP contribution is -1.92. The number of rotatable bonds is 4. The van der Waals surface area contributed by atoms with E-state index in [1.54, 1.807) is 12.3 Å². The number of aromatic nitrogens is 1. The van der Waals surface area contributed by atoms with Crippen LogP contribution in [-0.4, -0.2) is 10.7 Å². The topological polar surface area (TPSA) is 12.9 Å². The van der Waals surface area contributed by atoms with Gasteiger partial charge in [0.15, 0.2) is 0 Å². The van der Waals surface area contributed by atoms with Crippen LogP contribution in [0.4, 0.5) is 0 Å². The van der Waals surface area contributed by atoms with E-state index in [4.69, 9.17) is 11.6 Å². The second-order valence-corrected chi connectivity index (χ2v) is 4.84. The van der Waals surface area contributed by atoms with Crippen molar-refractivity contribution in [2.45, 2.75) is 19.6 Å². The molecule has 0 aliphatic rings. The average molecular weight is 216 g/mol. The molecular formula is C10H14ClNS. The van der Waals surface area contributed by atoms with E-state index in [-0.39, 0.29) is 0 Å². The maximum atomic E-state index is 5.84. The first kappa shape index (κ1) is 10.9. The second kappa shape index (κ2) is 5.51. The van der Waals surface area contributed by atoms with Crippen molar-refractivity contribution in [3.05, 3.63) is 29.0 Å². The van der Waals surface area contributed by atoms with Crippen molar-refractivity contribution in [3.8, 4) is 0 Å². The standard InChI is InChI=1S/C10H14ClNS/c1-8(2)6-13-7-10-5-9(11)3-4-12-10/h3-5,8H,6-7H2,1-2H3. The van der Waals surface area contributed by atoms with Gasteiger partial charge < -0.3 is 0 Å². The number of hydrogen-bond donors (Lipinski definition) is 0. The third-order valence-electron chi connectivity index (χ3n) is 1.48. The molecule has 0 saturated carbocycles. The fourth-order valence-corrected chi connectivity index (χ4v) is 2.07. The van der Waals surface area contributed by atoms with Crippen molar-refractivity contribution in [3.63, 3.8) is 0 Å². The van der Waals surface area contributed by atoms with E-state index in [0.29, 0.717) is 0 Å². The molecule has 0 saturated heterocycles. The molecule has 1 aromatic heterocycles. The van der Waals surface area contributed by atoms with Gasteiger partial charge in [-0.25, -0.2) is 0 Å². The predicted molar refractivity (Wildman–Crippen MR) is 60.2 cm³/mol. The molecule has 0 fully saturated rings. The molecule has 0 unspecified atom stereocenters. The third kappa shape index (κ3) is 4.53.